The Morgan fingerprint density at radius 2 is 1.84 bits per heavy atom. The molecule has 0 amide bonds. The number of rotatable bonds is 8. The zero-order valence-electron chi connectivity index (χ0n) is 15.3. The zero-order valence-corrected chi connectivity index (χ0v) is 15.3. The summed E-state index contributed by atoms with van der Waals surface area (Å²) < 4.78 is 11.5. The van der Waals surface area contributed by atoms with E-state index in [9.17, 15) is 0 Å². The fourth-order valence-electron chi connectivity index (χ4n) is 3.86. The third kappa shape index (κ3) is 5.44. The maximum absolute atomic E-state index is 5.85. The van der Waals surface area contributed by atoms with Crippen molar-refractivity contribution < 1.29 is 9.47 Å². The molecule has 0 radical (unpaired) electrons. The molecule has 1 saturated carbocycles. The number of likely N-dealkylation sites (tertiary alicyclic amines) is 1. The van der Waals surface area contributed by atoms with Crippen molar-refractivity contribution in [2.75, 3.05) is 32.8 Å². The van der Waals surface area contributed by atoms with Gasteiger partial charge >= 0.3 is 0 Å². The predicted molar refractivity (Wildman–Crippen MR) is 99.9 cm³/mol. The molecule has 1 N–H and O–H groups in total. The Morgan fingerprint density at radius 1 is 1.04 bits per heavy atom. The second kappa shape index (κ2) is 8.52. The molecule has 1 unspecified atom stereocenters. The lowest BCUT2D eigenvalue weighted by atomic mass is 10.0. The highest BCUT2D eigenvalue weighted by Crippen LogP contribution is 2.28. The molecule has 4 rings (SSSR count). The first-order chi connectivity index (χ1) is 12.3. The van der Waals surface area contributed by atoms with Crippen LogP contribution in [-0.2, 0) is 11.3 Å². The molecule has 0 bridgehead atoms. The van der Waals surface area contributed by atoms with Crippen molar-refractivity contribution >= 4 is 0 Å². The molecule has 25 heavy (non-hydrogen) atoms. The van der Waals surface area contributed by atoms with E-state index in [1.165, 1.54) is 57.3 Å². The third-order valence-corrected chi connectivity index (χ3v) is 5.77. The largest absolute Gasteiger partial charge is 0.491 e. The first kappa shape index (κ1) is 17.3. The van der Waals surface area contributed by atoms with Gasteiger partial charge in [0.05, 0.1) is 6.10 Å². The molecule has 1 aliphatic carbocycles. The van der Waals surface area contributed by atoms with Crippen LogP contribution in [-0.4, -0.2) is 49.9 Å². The van der Waals surface area contributed by atoms with Crippen molar-refractivity contribution in [2.45, 2.75) is 57.2 Å². The van der Waals surface area contributed by atoms with E-state index >= 15 is 0 Å². The van der Waals surface area contributed by atoms with Crippen LogP contribution in [0.5, 0.6) is 5.75 Å². The fraction of sp³-hybridized carbons (Fsp3) is 0.714. The van der Waals surface area contributed by atoms with Gasteiger partial charge in [0.25, 0.3) is 0 Å². The second-order valence-electron chi connectivity index (χ2n) is 7.99. The summed E-state index contributed by atoms with van der Waals surface area (Å²) in [5, 5.41) is 3.76. The number of nitrogens with one attached hydrogen (secondary N) is 1. The predicted octanol–water partition coefficient (Wildman–Crippen LogP) is 3.21. The summed E-state index contributed by atoms with van der Waals surface area (Å²) >= 11 is 0. The highest BCUT2D eigenvalue weighted by Gasteiger charge is 2.24. The number of nitrogens with zero attached hydrogens (tertiary/aromatic N) is 1. The van der Waals surface area contributed by atoms with E-state index in [1.807, 2.05) is 0 Å². The quantitative estimate of drug-likeness (QED) is 0.785. The normalized spacial score (nSPS) is 25.4. The molecule has 3 fully saturated rings. The monoisotopic (exact) mass is 344 g/mol. The Bertz CT molecular complexity index is 515. The summed E-state index contributed by atoms with van der Waals surface area (Å²) in [7, 11) is 0. The number of hydrogen-bond acceptors (Lipinski definition) is 4. The summed E-state index contributed by atoms with van der Waals surface area (Å²) in [6.45, 7) is 6.29. The van der Waals surface area contributed by atoms with Gasteiger partial charge in [0.15, 0.2) is 0 Å². The van der Waals surface area contributed by atoms with Crippen LogP contribution in [0.15, 0.2) is 24.3 Å². The van der Waals surface area contributed by atoms with Gasteiger partial charge in [0.2, 0.25) is 0 Å². The van der Waals surface area contributed by atoms with Crippen LogP contribution in [0.4, 0.5) is 0 Å². The van der Waals surface area contributed by atoms with Crippen LogP contribution in [0, 0.1) is 5.92 Å². The lowest BCUT2D eigenvalue weighted by molar-refractivity contribution is 0.0679. The molecule has 4 nitrogen and oxygen atoms in total. The van der Waals surface area contributed by atoms with Gasteiger partial charge in [-0.05, 0) is 81.8 Å². The van der Waals surface area contributed by atoms with Gasteiger partial charge in [-0.2, -0.15) is 0 Å². The molecule has 2 heterocycles. The van der Waals surface area contributed by atoms with E-state index in [0.717, 1.165) is 37.3 Å². The maximum Gasteiger partial charge on any atom is 0.119 e. The van der Waals surface area contributed by atoms with Crippen LogP contribution in [0.1, 0.15) is 44.1 Å². The molecule has 1 aromatic rings. The van der Waals surface area contributed by atoms with Crippen molar-refractivity contribution in [1.29, 1.82) is 0 Å². The van der Waals surface area contributed by atoms with E-state index in [2.05, 4.69) is 34.5 Å². The molecule has 2 aliphatic heterocycles. The maximum atomic E-state index is 5.85. The summed E-state index contributed by atoms with van der Waals surface area (Å²) in [6.07, 6.45) is 8.04. The van der Waals surface area contributed by atoms with E-state index in [-0.39, 0.29) is 6.10 Å². The number of piperidine rings is 1. The zero-order chi connectivity index (χ0) is 16.9. The van der Waals surface area contributed by atoms with Gasteiger partial charge in [0, 0.05) is 19.2 Å². The molecular formula is C21H32N2O2. The van der Waals surface area contributed by atoms with Crippen LogP contribution in [0.3, 0.4) is 0 Å². The number of benzene rings is 1. The van der Waals surface area contributed by atoms with Gasteiger partial charge in [-0.15, -0.1) is 0 Å². The molecule has 0 spiro atoms. The Hall–Kier alpha value is -1.10. The summed E-state index contributed by atoms with van der Waals surface area (Å²) in [4.78, 5) is 2.58. The van der Waals surface area contributed by atoms with E-state index in [1.54, 1.807) is 0 Å². The van der Waals surface area contributed by atoms with Crippen molar-refractivity contribution in [2.24, 2.45) is 5.92 Å². The minimum atomic E-state index is 0.287. The van der Waals surface area contributed by atoms with Crippen LogP contribution >= 0.6 is 0 Å². The summed E-state index contributed by atoms with van der Waals surface area (Å²) in [5.74, 6) is 1.95. The van der Waals surface area contributed by atoms with E-state index in [4.69, 9.17) is 9.47 Å². The minimum absolute atomic E-state index is 0.287. The highest BCUT2D eigenvalue weighted by atomic mass is 16.5. The molecule has 138 valence electrons. The van der Waals surface area contributed by atoms with Crippen molar-refractivity contribution in [3.05, 3.63) is 29.8 Å². The van der Waals surface area contributed by atoms with Crippen molar-refractivity contribution in [1.82, 2.24) is 10.2 Å². The first-order valence-corrected chi connectivity index (χ1v) is 10.1. The lowest BCUT2D eigenvalue weighted by Gasteiger charge is -2.32. The Balaban J connectivity index is 1.16. The Labute approximate surface area is 151 Å². The average Bonchev–Trinajstić information content (AvgIpc) is 3.34. The molecule has 2 saturated heterocycles. The van der Waals surface area contributed by atoms with Gasteiger partial charge in [-0.1, -0.05) is 12.1 Å². The van der Waals surface area contributed by atoms with Crippen molar-refractivity contribution in [3.8, 4) is 5.75 Å². The van der Waals surface area contributed by atoms with E-state index < -0.39 is 0 Å². The summed E-state index contributed by atoms with van der Waals surface area (Å²) in [5.41, 5.74) is 1.38. The van der Waals surface area contributed by atoms with Crippen LogP contribution in [0.25, 0.3) is 0 Å². The molecule has 4 heteroatoms. The topological polar surface area (TPSA) is 33.7 Å². The second-order valence-corrected chi connectivity index (χ2v) is 7.99. The standard InChI is InChI=1S/C21H32N2O2/c1-2-21(24-13-1)16-25-20-7-5-18(6-8-20)15-23-11-9-19(10-12-23)22-14-17-3-4-17/h5-8,17,19,21-22H,1-4,9-16H2. The van der Waals surface area contributed by atoms with Crippen LogP contribution < -0.4 is 10.1 Å². The Kier molecular flexibility index (Phi) is 5.90. The lowest BCUT2D eigenvalue weighted by Crippen LogP contribution is -2.42. The molecule has 0 aromatic heterocycles. The van der Waals surface area contributed by atoms with Gasteiger partial charge < -0.3 is 14.8 Å². The highest BCUT2D eigenvalue weighted by molar-refractivity contribution is 5.27. The number of hydrogen-bond donors (Lipinski definition) is 1. The SMILES string of the molecule is c1cc(OCC2CCCO2)ccc1CN1CCC(NCC2CC2)CC1. The average molecular weight is 344 g/mol. The van der Waals surface area contributed by atoms with Gasteiger partial charge in [-0.3, -0.25) is 4.90 Å². The smallest absolute Gasteiger partial charge is 0.119 e. The van der Waals surface area contributed by atoms with Crippen LogP contribution in [0.2, 0.25) is 0 Å². The molecule has 1 aromatic carbocycles. The summed E-state index contributed by atoms with van der Waals surface area (Å²) in [6, 6.07) is 9.37. The van der Waals surface area contributed by atoms with Crippen molar-refractivity contribution in [3.63, 3.8) is 0 Å². The third-order valence-electron chi connectivity index (χ3n) is 5.77. The number of ether oxygens (including phenoxy) is 2. The first-order valence-electron chi connectivity index (χ1n) is 10.1. The van der Waals surface area contributed by atoms with Gasteiger partial charge in [-0.25, -0.2) is 0 Å². The molecule has 1 atom stereocenters. The fourth-order valence-corrected chi connectivity index (χ4v) is 3.86. The van der Waals surface area contributed by atoms with E-state index in [0.29, 0.717) is 6.61 Å². The molecular weight excluding hydrogens is 312 g/mol. The molecule has 3 aliphatic rings. The minimum Gasteiger partial charge on any atom is -0.491 e. The van der Waals surface area contributed by atoms with Gasteiger partial charge in [0.1, 0.15) is 12.4 Å². The Morgan fingerprint density at radius 3 is 2.52 bits per heavy atom.